The smallest absolute Gasteiger partial charge is 0.114 e. The molecule has 1 aromatic rings. The van der Waals surface area contributed by atoms with Crippen molar-refractivity contribution in [1.29, 1.82) is 0 Å². The molecule has 2 rings (SSSR count). The number of aromatic nitrogens is 2. The summed E-state index contributed by atoms with van der Waals surface area (Å²) in [5.74, 6) is 1.23. The molecule has 1 N–H and O–H groups in total. The number of hydrogen-bond donors (Lipinski definition) is 1. The van der Waals surface area contributed by atoms with Crippen LogP contribution in [0, 0.1) is 0 Å². The maximum Gasteiger partial charge on any atom is 0.114 e. The Labute approximate surface area is 117 Å². The van der Waals surface area contributed by atoms with Crippen LogP contribution >= 0.6 is 0 Å². The van der Waals surface area contributed by atoms with Gasteiger partial charge in [-0.25, -0.2) is 4.98 Å². The molecule has 1 aliphatic heterocycles. The van der Waals surface area contributed by atoms with Gasteiger partial charge < -0.3 is 14.8 Å². The Kier molecular flexibility index (Phi) is 4.02. The van der Waals surface area contributed by atoms with Gasteiger partial charge >= 0.3 is 0 Å². The second kappa shape index (κ2) is 5.25. The highest BCUT2D eigenvalue weighted by Gasteiger charge is 2.27. The molecule has 0 bridgehead atoms. The van der Waals surface area contributed by atoms with E-state index in [1.165, 1.54) is 17.2 Å². The maximum atomic E-state index is 4.92. The number of rotatable bonds is 3. The minimum Gasteiger partial charge on any atom is -0.330 e. The molecule has 4 nitrogen and oxygen atoms in total. The second-order valence-corrected chi connectivity index (χ2v) is 6.93. The third-order valence-corrected chi connectivity index (χ3v) is 3.99. The van der Waals surface area contributed by atoms with Crippen LogP contribution < -0.4 is 5.32 Å². The van der Waals surface area contributed by atoms with Crippen molar-refractivity contribution >= 4 is 0 Å². The van der Waals surface area contributed by atoms with Gasteiger partial charge in [-0.05, 0) is 21.0 Å². The van der Waals surface area contributed by atoms with E-state index >= 15 is 0 Å². The highest BCUT2D eigenvalue weighted by atomic mass is 15.2. The molecule has 108 valence electrons. The second-order valence-electron chi connectivity index (χ2n) is 6.93. The Balaban J connectivity index is 2.40. The van der Waals surface area contributed by atoms with Crippen LogP contribution in [-0.2, 0) is 24.9 Å². The van der Waals surface area contributed by atoms with Gasteiger partial charge in [0.1, 0.15) is 5.82 Å². The van der Waals surface area contributed by atoms with Crippen LogP contribution in [0.2, 0.25) is 0 Å². The van der Waals surface area contributed by atoms with Gasteiger partial charge in [0.05, 0.1) is 5.69 Å². The summed E-state index contributed by atoms with van der Waals surface area (Å²) in [7, 11) is 4.29. The third-order valence-electron chi connectivity index (χ3n) is 3.99. The summed E-state index contributed by atoms with van der Waals surface area (Å²) >= 11 is 0. The van der Waals surface area contributed by atoms with E-state index in [9.17, 15) is 0 Å². The van der Waals surface area contributed by atoms with Crippen molar-refractivity contribution in [3.8, 4) is 0 Å². The van der Waals surface area contributed by atoms with E-state index in [1.807, 2.05) is 0 Å². The molecule has 0 fully saturated rings. The van der Waals surface area contributed by atoms with E-state index in [1.54, 1.807) is 0 Å². The van der Waals surface area contributed by atoms with Crippen LogP contribution in [0.25, 0.3) is 0 Å². The van der Waals surface area contributed by atoms with Crippen LogP contribution in [0.1, 0.15) is 44.9 Å². The summed E-state index contributed by atoms with van der Waals surface area (Å²) in [6.45, 7) is 12.1. The molecule has 0 saturated carbocycles. The van der Waals surface area contributed by atoms with Gasteiger partial charge in [0.2, 0.25) is 0 Å². The van der Waals surface area contributed by atoms with Gasteiger partial charge in [-0.2, -0.15) is 0 Å². The van der Waals surface area contributed by atoms with Crippen molar-refractivity contribution in [2.45, 2.75) is 58.7 Å². The highest BCUT2D eigenvalue weighted by Crippen LogP contribution is 2.26. The number of nitrogens with zero attached hydrogens (tertiary/aromatic N) is 3. The summed E-state index contributed by atoms with van der Waals surface area (Å²) in [5, 5.41) is 3.42. The zero-order valence-corrected chi connectivity index (χ0v) is 13.2. The fraction of sp³-hybridized carbons (Fsp3) is 0.800. The Hall–Kier alpha value is -0.870. The first kappa shape index (κ1) is 14.5. The largest absolute Gasteiger partial charge is 0.330 e. The normalized spacial score (nSPS) is 17.6. The molecule has 19 heavy (non-hydrogen) atoms. The first-order chi connectivity index (χ1) is 8.80. The molecule has 0 amide bonds. The molecule has 0 radical (unpaired) electrons. The molecule has 0 aromatic carbocycles. The molecule has 1 atom stereocenters. The molecule has 1 aliphatic rings. The van der Waals surface area contributed by atoms with E-state index in [-0.39, 0.29) is 5.41 Å². The van der Waals surface area contributed by atoms with E-state index < -0.39 is 0 Å². The van der Waals surface area contributed by atoms with Crippen LogP contribution in [0.3, 0.4) is 0 Å². The van der Waals surface area contributed by atoms with Crippen LogP contribution in [-0.4, -0.2) is 41.1 Å². The fourth-order valence-corrected chi connectivity index (χ4v) is 2.57. The average molecular weight is 264 g/mol. The first-order valence-electron chi connectivity index (χ1n) is 7.26. The van der Waals surface area contributed by atoms with Gasteiger partial charge in [0.25, 0.3) is 0 Å². The predicted octanol–water partition coefficient (Wildman–Crippen LogP) is 1.78. The van der Waals surface area contributed by atoms with Crippen molar-refractivity contribution in [3.05, 3.63) is 17.2 Å². The number of imidazole rings is 1. The van der Waals surface area contributed by atoms with Crippen molar-refractivity contribution in [1.82, 2.24) is 19.8 Å². The molecule has 1 unspecified atom stereocenters. The van der Waals surface area contributed by atoms with Gasteiger partial charge in [0.15, 0.2) is 0 Å². The molecule has 0 saturated heterocycles. The Morgan fingerprint density at radius 1 is 1.37 bits per heavy atom. The predicted molar refractivity (Wildman–Crippen MR) is 79.5 cm³/mol. The number of hydrogen-bond acceptors (Lipinski definition) is 3. The quantitative estimate of drug-likeness (QED) is 0.903. The molecular formula is C15H28N4. The molecule has 0 spiro atoms. The molecule has 1 aromatic heterocycles. The van der Waals surface area contributed by atoms with Crippen molar-refractivity contribution in [2.75, 3.05) is 20.6 Å². The summed E-state index contributed by atoms with van der Waals surface area (Å²) in [6.07, 6.45) is 1.10. The average Bonchev–Trinajstić information content (AvgIpc) is 2.68. The van der Waals surface area contributed by atoms with Gasteiger partial charge in [-0.1, -0.05) is 20.8 Å². The van der Waals surface area contributed by atoms with Crippen LogP contribution in [0.4, 0.5) is 0 Å². The minimum absolute atomic E-state index is 0.101. The van der Waals surface area contributed by atoms with E-state index in [4.69, 9.17) is 4.98 Å². The van der Waals surface area contributed by atoms with Gasteiger partial charge in [0, 0.05) is 43.2 Å². The number of fused-ring (bicyclic) bond motifs is 1. The zero-order valence-electron chi connectivity index (χ0n) is 13.2. The lowest BCUT2D eigenvalue weighted by Gasteiger charge is -2.27. The Bertz CT molecular complexity index is 440. The lowest BCUT2D eigenvalue weighted by Crippen LogP contribution is -2.33. The molecule has 2 heterocycles. The summed E-state index contributed by atoms with van der Waals surface area (Å²) in [4.78, 5) is 7.19. The maximum absolute atomic E-state index is 4.92. The summed E-state index contributed by atoms with van der Waals surface area (Å²) in [6, 6.07) is 0.522. The van der Waals surface area contributed by atoms with E-state index in [0.717, 1.165) is 26.1 Å². The lowest BCUT2D eigenvalue weighted by atomic mass is 9.95. The molecule has 0 aliphatic carbocycles. The number of likely N-dealkylation sites (N-methyl/N-ethyl adjacent to an activating group) is 1. The van der Waals surface area contributed by atoms with Gasteiger partial charge in [-0.15, -0.1) is 0 Å². The lowest BCUT2D eigenvalue weighted by molar-refractivity contribution is 0.275. The van der Waals surface area contributed by atoms with Crippen molar-refractivity contribution in [2.24, 2.45) is 0 Å². The zero-order chi connectivity index (χ0) is 14.2. The van der Waals surface area contributed by atoms with Crippen molar-refractivity contribution < 1.29 is 0 Å². The summed E-state index contributed by atoms with van der Waals surface area (Å²) < 4.78 is 2.47. The first-order valence-corrected chi connectivity index (χ1v) is 7.26. The Morgan fingerprint density at radius 3 is 2.63 bits per heavy atom. The third kappa shape index (κ3) is 3.00. The minimum atomic E-state index is 0.101. The molecule has 4 heteroatoms. The standard InChI is InChI=1S/C15H28N4/c1-11(18(5)6)10-19-13-7-8-16-9-12(13)17-14(19)15(2,3)4/h11,16H,7-10H2,1-6H3. The van der Waals surface area contributed by atoms with Gasteiger partial charge in [-0.3, -0.25) is 0 Å². The van der Waals surface area contributed by atoms with Crippen LogP contribution in [0.15, 0.2) is 0 Å². The summed E-state index contributed by atoms with van der Waals surface area (Å²) in [5.41, 5.74) is 2.79. The van der Waals surface area contributed by atoms with Crippen LogP contribution in [0.5, 0.6) is 0 Å². The van der Waals surface area contributed by atoms with Crippen molar-refractivity contribution in [3.63, 3.8) is 0 Å². The fourth-order valence-electron chi connectivity index (χ4n) is 2.57. The Morgan fingerprint density at radius 2 is 2.05 bits per heavy atom. The van der Waals surface area contributed by atoms with E-state index in [2.05, 4.69) is 56.6 Å². The number of nitrogens with one attached hydrogen (secondary N) is 1. The topological polar surface area (TPSA) is 33.1 Å². The SMILES string of the molecule is CC(Cn1c(C(C)(C)C)nc2c1CCNC2)N(C)C. The van der Waals surface area contributed by atoms with E-state index in [0.29, 0.717) is 6.04 Å². The highest BCUT2D eigenvalue weighted by molar-refractivity contribution is 5.23. The monoisotopic (exact) mass is 264 g/mol. The molecular weight excluding hydrogens is 236 g/mol.